The van der Waals surface area contributed by atoms with Crippen LogP contribution >= 0.6 is 0 Å². The molecule has 0 amide bonds. The molecule has 6 nitrogen and oxygen atoms in total. The predicted molar refractivity (Wildman–Crippen MR) is 132 cm³/mol. The molecule has 186 valence electrons. The van der Waals surface area contributed by atoms with Gasteiger partial charge in [-0.2, -0.15) is 0 Å². The zero-order valence-corrected chi connectivity index (χ0v) is 21.9. The molecule has 0 N–H and O–H groups in total. The molecule has 0 radical (unpaired) electrons. The molecule has 0 aliphatic heterocycles. The van der Waals surface area contributed by atoms with Crippen molar-refractivity contribution in [3.63, 3.8) is 0 Å². The van der Waals surface area contributed by atoms with E-state index >= 15 is 0 Å². The van der Waals surface area contributed by atoms with Gasteiger partial charge in [0.2, 0.25) is 0 Å². The van der Waals surface area contributed by atoms with Gasteiger partial charge in [0.15, 0.2) is 0 Å². The quantitative estimate of drug-likeness (QED) is 0.435. The second-order valence-electron chi connectivity index (χ2n) is 9.71. The Labute approximate surface area is 203 Å². The number of ether oxygens (including phenoxy) is 4. The van der Waals surface area contributed by atoms with Gasteiger partial charge in [0.1, 0.15) is 23.2 Å². The van der Waals surface area contributed by atoms with Crippen LogP contribution in [-0.4, -0.2) is 37.9 Å². The fraction of sp³-hybridized carbons (Fsp3) is 0.500. The van der Waals surface area contributed by atoms with Gasteiger partial charge in [0.25, 0.3) is 0 Å². The van der Waals surface area contributed by atoms with Gasteiger partial charge in [-0.25, -0.2) is 0 Å². The summed E-state index contributed by atoms with van der Waals surface area (Å²) in [5.41, 5.74) is 3.14. The van der Waals surface area contributed by atoms with Crippen LogP contribution in [0.1, 0.15) is 69.2 Å². The fourth-order valence-corrected chi connectivity index (χ4v) is 4.15. The molecule has 0 saturated carbocycles. The molecule has 34 heavy (non-hydrogen) atoms. The molecule has 0 aliphatic rings. The number of aryl methyl sites for hydroxylation is 2. The highest BCUT2D eigenvalue weighted by Gasteiger charge is 2.32. The lowest BCUT2D eigenvalue weighted by atomic mass is 9.84. The van der Waals surface area contributed by atoms with Gasteiger partial charge in [-0.15, -0.1) is 0 Å². The Hall–Kier alpha value is -3.02. The van der Waals surface area contributed by atoms with Gasteiger partial charge < -0.3 is 18.9 Å². The summed E-state index contributed by atoms with van der Waals surface area (Å²) in [5, 5.41) is 0. The maximum absolute atomic E-state index is 13.0. The standard InChI is InChI=1S/C28H38O6/c1-17-12-10-14-21(25(17)31-8)24(22-15-11-13-18(2)26(22)32-9)20(4)33-27(30)19(3)16-23(29)34-28(5,6)7/h10-15,19-20,24H,16H2,1-9H3/t19-,20?/m1/s1. The third-order valence-electron chi connectivity index (χ3n) is 5.63. The van der Waals surface area contributed by atoms with Crippen molar-refractivity contribution in [2.45, 2.75) is 72.5 Å². The topological polar surface area (TPSA) is 71.1 Å². The van der Waals surface area contributed by atoms with Crippen LogP contribution in [0.25, 0.3) is 0 Å². The van der Waals surface area contributed by atoms with Crippen LogP contribution in [0, 0.1) is 19.8 Å². The van der Waals surface area contributed by atoms with Crippen LogP contribution in [0.2, 0.25) is 0 Å². The minimum atomic E-state index is -0.642. The van der Waals surface area contributed by atoms with Gasteiger partial charge >= 0.3 is 11.9 Å². The highest BCUT2D eigenvalue weighted by Crippen LogP contribution is 2.42. The summed E-state index contributed by atoms with van der Waals surface area (Å²) in [7, 11) is 3.27. The molecule has 2 atom stereocenters. The van der Waals surface area contributed by atoms with Gasteiger partial charge in [-0.05, 0) is 52.7 Å². The van der Waals surface area contributed by atoms with Gasteiger partial charge in [0, 0.05) is 11.1 Å². The Bertz CT molecular complexity index is 951. The van der Waals surface area contributed by atoms with Crippen molar-refractivity contribution in [2.24, 2.45) is 5.92 Å². The van der Waals surface area contributed by atoms with E-state index in [0.717, 1.165) is 33.8 Å². The van der Waals surface area contributed by atoms with E-state index in [0.29, 0.717) is 0 Å². The number of carbonyl (C=O) groups is 2. The van der Waals surface area contributed by atoms with E-state index < -0.39 is 29.6 Å². The van der Waals surface area contributed by atoms with E-state index in [4.69, 9.17) is 18.9 Å². The summed E-state index contributed by atoms with van der Waals surface area (Å²) >= 11 is 0. The number of rotatable bonds is 9. The largest absolute Gasteiger partial charge is 0.496 e. The molecular formula is C28H38O6. The van der Waals surface area contributed by atoms with Crippen LogP contribution in [-0.2, 0) is 19.1 Å². The minimum absolute atomic E-state index is 0.0466. The maximum Gasteiger partial charge on any atom is 0.309 e. The summed E-state index contributed by atoms with van der Waals surface area (Å²) < 4.78 is 22.8. The van der Waals surface area contributed by atoms with Crippen molar-refractivity contribution in [1.29, 1.82) is 0 Å². The normalized spacial score (nSPS) is 13.2. The lowest BCUT2D eigenvalue weighted by Crippen LogP contribution is -2.30. The molecule has 0 fully saturated rings. The molecule has 0 bridgehead atoms. The average molecular weight is 471 g/mol. The molecule has 2 aromatic rings. The number of hydrogen-bond donors (Lipinski definition) is 0. The fourth-order valence-electron chi connectivity index (χ4n) is 4.15. The summed E-state index contributed by atoms with van der Waals surface area (Å²) in [6.45, 7) is 12.9. The molecule has 0 aliphatic carbocycles. The van der Waals surface area contributed by atoms with Gasteiger partial charge in [-0.1, -0.05) is 43.3 Å². The molecule has 0 spiro atoms. The van der Waals surface area contributed by atoms with Crippen LogP contribution in [0.15, 0.2) is 36.4 Å². The van der Waals surface area contributed by atoms with Crippen LogP contribution in [0.5, 0.6) is 11.5 Å². The molecular weight excluding hydrogens is 432 g/mol. The summed E-state index contributed by atoms with van der Waals surface area (Å²) in [6.07, 6.45) is -0.602. The SMILES string of the molecule is COc1c(C)cccc1C(c1cccc(C)c1OC)C(C)OC(=O)[C@H](C)CC(=O)OC(C)(C)C. The first-order valence-electron chi connectivity index (χ1n) is 11.6. The summed E-state index contributed by atoms with van der Waals surface area (Å²) in [4.78, 5) is 25.2. The number of methoxy groups -OCH3 is 2. The van der Waals surface area contributed by atoms with E-state index in [2.05, 4.69) is 0 Å². The van der Waals surface area contributed by atoms with Crippen LogP contribution in [0.4, 0.5) is 0 Å². The van der Waals surface area contributed by atoms with Crippen molar-refractivity contribution in [3.05, 3.63) is 58.7 Å². The number of benzene rings is 2. The van der Waals surface area contributed by atoms with Crippen molar-refractivity contribution >= 4 is 11.9 Å². The summed E-state index contributed by atoms with van der Waals surface area (Å²) in [6, 6.07) is 11.8. The first-order chi connectivity index (χ1) is 15.9. The maximum atomic E-state index is 13.0. The van der Waals surface area contributed by atoms with Gasteiger partial charge in [0.05, 0.1) is 32.5 Å². The average Bonchev–Trinajstić information content (AvgIpc) is 2.72. The number of para-hydroxylation sites is 2. The highest BCUT2D eigenvalue weighted by atomic mass is 16.6. The Balaban J connectivity index is 2.41. The van der Waals surface area contributed by atoms with E-state index in [1.165, 1.54) is 0 Å². The molecule has 2 rings (SSSR count). The molecule has 1 unspecified atom stereocenters. The Kier molecular flexibility index (Phi) is 9.14. The molecule has 2 aromatic carbocycles. The first-order valence-corrected chi connectivity index (χ1v) is 11.6. The zero-order valence-electron chi connectivity index (χ0n) is 21.9. The number of hydrogen-bond acceptors (Lipinski definition) is 6. The lowest BCUT2D eigenvalue weighted by molar-refractivity contribution is -0.163. The molecule has 6 heteroatoms. The first kappa shape index (κ1) is 27.2. The monoisotopic (exact) mass is 470 g/mol. The number of esters is 2. The molecule has 0 aromatic heterocycles. The molecule has 0 heterocycles. The van der Waals surface area contributed by atoms with Crippen LogP contribution in [0.3, 0.4) is 0 Å². The van der Waals surface area contributed by atoms with E-state index in [1.807, 2.05) is 57.2 Å². The highest BCUT2D eigenvalue weighted by molar-refractivity contribution is 5.80. The van der Waals surface area contributed by atoms with Crippen LogP contribution < -0.4 is 9.47 Å². The lowest BCUT2D eigenvalue weighted by Gasteiger charge is -2.29. The number of carbonyl (C=O) groups excluding carboxylic acids is 2. The minimum Gasteiger partial charge on any atom is -0.496 e. The summed E-state index contributed by atoms with van der Waals surface area (Å²) in [5.74, 6) is -0.399. The van der Waals surface area contributed by atoms with Crippen molar-refractivity contribution in [2.75, 3.05) is 14.2 Å². The second kappa shape index (κ2) is 11.4. The van der Waals surface area contributed by atoms with Crippen molar-refractivity contribution in [1.82, 2.24) is 0 Å². The Morgan fingerprint density at radius 3 is 1.74 bits per heavy atom. The predicted octanol–water partition coefficient (Wildman–Crippen LogP) is 5.75. The van der Waals surface area contributed by atoms with Crippen molar-refractivity contribution < 1.29 is 28.5 Å². The smallest absolute Gasteiger partial charge is 0.309 e. The second-order valence-corrected chi connectivity index (χ2v) is 9.71. The van der Waals surface area contributed by atoms with Crippen molar-refractivity contribution in [3.8, 4) is 11.5 Å². The van der Waals surface area contributed by atoms with Gasteiger partial charge in [-0.3, -0.25) is 9.59 Å². The Morgan fingerprint density at radius 2 is 1.32 bits per heavy atom. The third-order valence-corrected chi connectivity index (χ3v) is 5.63. The van der Waals surface area contributed by atoms with E-state index in [9.17, 15) is 9.59 Å². The van der Waals surface area contributed by atoms with E-state index in [1.54, 1.807) is 41.9 Å². The Morgan fingerprint density at radius 1 is 0.853 bits per heavy atom. The molecule has 0 saturated heterocycles. The zero-order chi connectivity index (χ0) is 25.6. The van der Waals surface area contributed by atoms with E-state index in [-0.39, 0.29) is 12.3 Å². The third kappa shape index (κ3) is 6.75.